The monoisotopic (exact) mass is 350 g/mol. The van der Waals surface area contributed by atoms with Gasteiger partial charge in [0.1, 0.15) is 11.8 Å². The highest BCUT2D eigenvalue weighted by atomic mass is 16.5. The summed E-state index contributed by atoms with van der Waals surface area (Å²) in [6.07, 6.45) is 0.415. The molecule has 1 aliphatic heterocycles. The van der Waals surface area contributed by atoms with E-state index in [9.17, 15) is 9.59 Å². The summed E-state index contributed by atoms with van der Waals surface area (Å²) < 4.78 is 10.4. The lowest BCUT2D eigenvalue weighted by molar-refractivity contribution is -0.154. The zero-order valence-electron chi connectivity index (χ0n) is 14.3. The van der Waals surface area contributed by atoms with Crippen molar-refractivity contribution in [2.75, 3.05) is 13.7 Å². The zero-order valence-corrected chi connectivity index (χ0v) is 14.3. The maximum absolute atomic E-state index is 12.7. The van der Waals surface area contributed by atoms with Crippen LogP contribution in [0.1, 0.15) is 16.7 Å². The normalized spacial score (nSPS) is 15.5. The smallest absolute Gasteiger partial charge is 0.328 e. The van der Waals surface area contributed by atoms with E-state index in [1.807, 2.05) is 30.3 Å². The van der Waals surface area contributed by atoms with Crippen molar-refractivity contribution in [3.63, 3.8) is 0 Å². The fraction of sp³-hybridized carbons (Fsp3) is 0.250. The first-order valence-corrected chi connectivity index (χ1v) is 8.19. The molecule has 0 radical (unpaired) electrons. The van der Waals surface area contributed by atoms with Crippen molar-refractivity contribution in [1.29, 1.82) is 5.26 Å². The molecular formula is C20H18N2O4. The third-order valence-corrected chi connectivity index (χ3v) is 4.37. The number of amides is 1. The highest BCUT2D eigenvalue weighted by Gasteiger charge is 2.35. The number of rotatable bonds is 4. The minimum absolute atomic E-state index is 0.218. The molecule has 0 saturated heterocycles. The zero-order chi connectivity index (χ0) is 18.5. The molecule has 3 rings (SSSR count). The maximum Gasteiger partial charge on any atom is 0.328 e. The van der Waals surface area contributed by atoms with Crippen molar-refractivity contribution in [3.05, 3.63) is 65.2 Å². The molecule has 132 valence electrons. The largest absolute Gasteiger partial charge is 0.484 e. The van der Waals surface area contributed by atoms with Gasteiger partial charge in [0.15, 0.2) is 6.61 Å². The van der Waals surface area contributed by atoms with Crippen LogP contribution < -0.4 is 4.74 Å². The lowest BCUT2D eigenvalue weighted by atomic mass is 9.94. The van der Waals surface area contributed by atoms with Crippen LogP contribution in [-0.2, 0) is 27.3 Å². The first-order valence-electron chi connectivity index (χ1n) is 8.19. The number of esters is 1. The van der Waals surface area contributed by atoms with Crippen molar-refractivity contribution < 1.29 is 19.1 Å². The molecule has 0 bridgehead atoms. The van der Waals surface area contributed by atoms with Gasteiger partial charge in [-0.3, -0.25) is 4.79 Å². The summed E-state index contributed by atoms with van der Waals surface area (Å²) in [4.78, 5) is 26.3. The Hall–Kier alpha value is -3.33. The van der Waals surface area contributed by atoms with Gasteiger partial charge in [-0.15, -0.1) is 0 Å². The van der Waals surface area contributed by atoms with Crippen LogP contribution in [0.15, 0.2) is 48.5 Å². The van der Waals surface area contributed by atoms with E-state index in [2.05, 4.69) is 0 Å². The summed E-state index contributed by atoms with van der Waals surface area (Å²) in [7, 11) is 1.31. The van der Waals surface area contributed by atoms with E-state index >= 15 is 0 Å². The molecule has 26 heavy (non-hydrogen) atoms. The van der Waals surface area contributed by atoms with E-state index in [0.717, 1.165) is 11.1 Å². The molecule has 0 unspecified atom stereocenters. The molecule has 1 amide bonds. The molecule has 6 nitrogen and oxygen atoms in total. The first-order chi connectivity index (χ1) is 12.6. The molecule has 6 heteroatoms. The summed E-state index contributed by atoms with van der Waals surface area (Å²) in [5, 5.41) is 8.93. The molecule has 0 N–H and O–H groups in total. The SMILES string of the molecule is COC(=O)[C@H]1Cc2ccccc2CN1C(=O)COc1cccc(C#N)c1. The van der Waals surface area contributed by atoms with Crippen LogP contribution in [0.5, 0.6) is 5.75 Å². The number of fused-ring (bicyclic) bond motifs is 1. The third kappa shape index (κ3) is 3.67. The van der Waals surface area contributed by atoms with Crippen molar-refractivity contribution in [2.24, 2.45) is 0 Å². The number of benzene rings is 2. The molecule has 1 atom stereocenters. The van der Waals surface area contributed by atoms with Crippen LogP contribution >= 0.6 is 0 Å². The van der Waals surface area contributed by atoms with E-state index < -0.39 is 12.0 Å². The van der Waals surface area contributed by atoms with Gasteiger partial charge in [-0.05, 0) is 29.3 Å². The summed E-state index contributed by atoms with van der Waals surface area (Å²) in [5.74, 6) is -0.318. The Morgan fingerprint density at radius 2 is 1.96 bits per heavy atom. The van der Waals surface area contributed by atoms with Gasteiger partial charge in [-0.1, -0.05) is 30.3 Å². The van der Waals surface area contributed by atoms with Crippen LogP contribution in [0.4, 0.5) is 0 Å². The Labute approximate surface area is 151 Å². The van der Waals surface area contributed by atoms with Gasteiger partial charge >= 0.3 is 5.97 Å². The van der Waals surface area contributed by atoms with Gasteiger partial charge in [0.25, 0.3) is 5.91 Å². The molecule has 2 aromatic rings. The van der Waals surface area contributed by atoms with E-state index in [1.165, 1.54) is 12.0 Å². The Morgan fingerprint density at radius 3 is 2.69 bits per heavy atom. The lowest BCUT2D eigenvalue weighted by Gasteiger charge is -2.35. The summed E-state index contributed by atoms with van der Waals surface area (Å²) in [5.41, 5.74) is 2.50. The third-order valence-electron chi connectivity index (χ3n) is 4.37. The number of nitriles is 1. The topological polar surface area (TPSA) is 79.6 Å². The minimum Gasteiger partial charge on any atom is -0.484 e. The number of ether oxygens (including phenoxy) is 2. The molecule has 0 aliphatic carbocycles. The molecule has 0 aromatic heterocycles. The second-order valence-corrected chi connectivity index (χ2v) is 5.96. The lowest BCUT2D eigenvalue weighted by Crippen LogP contribution is -2.50. The molecule has 0 saturated carbocycles. The molecule has 0 fully saturated rings. The van der Waals surface area contributed by atoms with E-state index in [0.29, 0.717) is 24.3 Å². The van der Waals surface area contributed by atoms with Gasteiger partial charge in [0, 0.05) is 13.0 Å². The van der Waals surface area contributed by atoms with Crippen molar-refractivity contribution in [1.82, 2.24) is 4.90 Å². The number of hydrogen-bond acceptors (Lipinski definition) is 5. The van der Waals surface area contributed by atoms with Gasteiger partial charge in [0.2, 0.25) is 0 Å². The second kappa shape index (κ2) is 7.70. The fourth-order valence-electron chi connectivity index (χ4n) is 3.02. The van der Waals surface area contributed by atoms with E-state index in [-0.39, 0.29) is 12.5 Å². The quantitative estimate of drug-likeness (QED) is 0.789. The molecule has 1 aliphatic rings. The van der Waals surface area contributed by atoms with Crippen LogP contribution in [-0.4, -0.2) is 36.5 Å². The Morgan fingerprint density at radius 1 is 1.19 bits per heavy atom. The number of carbonyl (C=O) groups excluding carboxylic acids is 2. The average Bonchev–Trinajstić information content (AvgIpc) is 2.70. The molecule has 0 spiro atoms. The summed E-state index contributed by atoms with van der Waals surface area (Å²) in [6, 6.07) is 15.7. The van der Waals surface area contributed by atoms with Crippen LogP contribution in [0.2, 0.25) is 0 Å². The number of carbonyl (C=O) groups is 2. The predicted octanol–water partition coefficient (Wildman–Crippen LogP) is 2.06. The van der Waals surface area contributed by atoms with Crippen molar-refractivity contribution >= 4 is 11.9 Å². The van der Waals surface area contributed by atoms with Crippen molar-refractivity contribution in [2.45, 2.75) is 19.0 Å². The van der Waals surface area contributed by atoms with Crippen LogP contribution in [0.3, 0.4) is 0 Å². The van der Waals surface area contributed by atoms with Gasteiger partial charge in [-0.25, -0.2) is 4.79 Å². The summed E-state index contributed by atoms with van der Waals surface area (Å²) >= 11 is 0. The number of nitrogens with zero attached hydrogens (tertiary/aromatic N) is 2. The molecular weight excluding hydrogens is 332 g/mol. The Balaban J connectivity index is 1.75. The standard InChI is InChI=1S/C20H18N2O4/c1-25-20(24)18-10-15-6-2-3-7-16(15)12-22(18)19(23)13-26-17-8-4-5-14(9-17)11-21/h2-9,18H,10,12-13H2,1H3/t18-/m1/s1. The summed E-state index contributed by atoms with van der Waals surface area (Å²) in [6.45, 7) is 0.112. The molecule has 1 heterocycles. The highest BCUT2D eigenvalue weighted by Crippen LogP contribution is 2.24. The maximum atomic E-state index is 12.7. The average molecular weight is 350 g/mol. The number of hydrogen-bond donors (Lipinski definition) is 0. The first kappa shape index (κ1) is 17.5. The Bertz CT molecular complexity index is 872. The molecule has 2 aromatic carbocycles. The Kier molecular flexibility index (Phi) is 5.18. The van der Waals surface area contributed by atoms with Crippen molar-refractivity contribution in [3.8, 4) is 11.8 Å². The minimum atomic E-state index is -0.670. The van der Waals surface area contributed by atoms with Gasteiger partial charge in [0.05, 0.1) is 18.7 Å². The van der Waals surface area contributed by atoms with E-state index in [4.69, 9.17) is 14.7 Å². The van der Waals surface area contributed by atoms with Crippen LogP contribution in [0, 0.1) is 11.3 Å². The van der Waals surface area contributed by atoms with Gasteiger partial charge in [-0.2, -0.15) is 5.26 Å². The second-order valence-electron chi connectivity index (χ2n) is 5.96. The van der Waals surface area contributed by atoms with Gasteiger partial charge < -0.3 is 14.4 Å². The van der Waals surface area contributed by atoms with E-state index in [1.54, 1.807) is 24.3 Å². The predicted molar refractivity (Wildman–Crippen MR) is 93.2 cm³/mol. The number of methoxy groups -OCH3 is 1. The van der Waals surface area contributed by atoms with Crippen LogP contribution in [0.25, 0.3) is 0 Å². The highest BCUT2D eigenvalue weighted by molar-refractivity contribution is 5.86. The fourth-order valence-corrected chi connectivity index (χ4v) is 3.02.